The molecule has 2 aromatic heterocycles. The van der Waals surface area contributed by atoms with Crippen LogP contribution in [0.15, 0.2) is 52.5 Å². The number of nitrogens with zero attached hydrogens (tertiary/aromatic N) is 3. The highest BCUT2D eigenvalue weighted by molar-refractivity contribution is 7.99. The normalized spacial score (nSPS) is 11.1. The molecule has 0 saturated carbocycles. The molecular formula is C21H24N4O2S. The molecule has 0 spiro atoms. The second-order valence-corrected chi connectivity index (χ2v) is 7.56. The van der Waals surface area contributed by atoms with Gasteiger partial charge in [-0.2, -0.15) is 0 Å². The summed E-state index contributed by atoms with van der Waals surface area (Å²) in [5.41, 5.74) is 1.42. The summed E-state index contributed by atoms with van der Waals surface area (Å²) >= 11 is 1.25. The number of amides is 1. The van der Waals surface area contributed by atoms with Crippen LogP contribution < -0.4 is 10.9 Å². The molecule has 0 unspecified atom stereocenters. The Morgan fingerprint density at radius 2 is 1.96 bits per heavy atom. The van der Waals surface area contributed by atoms with Crippen LogP contribution in [0.3, 0.4) is 0 Å². The number of thioether (sulfide) groups is 1. The SMILES string of the molecule is CCC(CC)NC(=O)CSc1nc2ccccc2c(=O)n1-c1cc(C)ccn1. The van der Waals surface area contributed by atoms with E-state index in [0.29, 0.717) is 21.9 Å². The topological polar surface area (TPSA) is 76.9 Å². The van der Waals surface area contributed by atoms with Gasteiger partial charge >= 0.3 is 0 Å². The monoisotopic (exact) mass is 396 g/mol. The quantitative estimate of drug-likeness (QED) is 0.489. The molecule has 3 aromatic rings. The van der Waals surface area contributed by atoms with Crippen molar-refractivity contribution in [3.63, 3.8) is 0 Å². The minimum absolute atomic E-state index is 0.0649. The molecule has 7 heteroatoms. The highest BCUT2D eigenvalue weighted by Gasteiger charge is 2.16. The Morgan fingerprint density at radius 1 is 1.21 bits per heavy atom. The van der Waals surface area contributed by atoms with E-state index in [0.717, 1.165) is 18.4 Å². The molecule has 0 aliphatic rings. The molecule has 0 radical (unpaired) electrons. The Morgan fingerprint density at radius 3 is 2.68 bits per heavy atom. The fourth-order valence-electron chi connectivity index (χ4n) is 2.95. The van der Waals surface area contributed by atoms with E-state index in [9.17, 15) is 9.59 Å². The highest BCUT2D eigenvalue weighted by atomic mass is 32.2. The molecule has 1 aromatic carbocycles. The third-order valence-electron chi connectivity index (χ3n) is 4.56. The molecule has 0 fully saturated rings. The van der Waals surface area contributed by atoms with Crippen molar-refractivity contribution in [3.05, 3.63) is 58.5 Å². The first-order chi connectivity index (χ1) is 13.5. The maximum absolute atomic E-state index is 13.1. The average molecular weight is 397 g/mol. The summed E-state index contributed by atoms with van der Waals surface area (Å²) in [6.07, 6.45) is 3.44. The molecule has 0 aliphatic heterocycles. The molecule has 28 heavy (non-hydrogen) atoms. The zero-order valence-corrected chi connectivity index (χ0v) is 17.1. The van der Waals surface area contributed by atoms with E-state index in [2.05, 4.69) is 15.3 Å². The predicted octanol–water partition coefficient (Wildman–Crippen LogP) is 3.49. The van der Waals surface area contributed by atoms with E-state index < -0.39 is 0 Å². The van der Waals surface area contributed by atoms with Crippen LogP contribution in [-0.2, 0) is 4.79 Å². The lowest BCUT2D eigenvalue weighted by Crippen LogP contribution is -2.35. The number of para-hydroxylation sites is 1. The Hall–Kier alpha value is -2.67. The molecule has 1 amide bonds. The van der Waals surface area contributed by atoms with Crippen LogP contribution >= 0.6 is 11.8 Å². The van der Waals surface area contributed by atoms with E-state index in [1.165, 1.54) is 16.3 Å². The lowest BCUT2D eigenvalue weighted by molar-refractivity contribution is -0.119. The zero-order chi connectivity index (χ0) is 20.1. The second kappa shape index (κ2) is 9.01. The number of aromatic nitrogens is 3. The van der Waals surface area contributed by atoms with Crippen LogP contribution in [0.2, 0.25) is 0 Å². The first kappa shape index (κ1) is 20.1. The number of fused-ring (bicyclic) bond motifs is 1. The maximum Gasteiger partial charge on any atom is 0.267 e. The summed E-state index contributed by atoms with van der Waals surface area (Å²) in [7, 11) is 0. The van der Waals surface area contributed by atoms with Gasteiger partial charge in [-0.3, -0.25) is 9.59 Å². The van der Waals surface area contributed by atoms with Crippen molar-refractivity contribution in [2.24, 2.45) is 0 Å². The van der Waals surface area contributed by atoms with Crippen molar-refractivity contribution in [1.82, 2.24) is 19.9 Å². The second-order valence-electron chi connectivity index (χ2n) is 6.61. The van der Waals surface area contributed by atoms with Crippen molar-refractivity contribution in [2.45, 2.75) is 44.8 Å². The van der Waals surface area contributed by atoms with E-state index in [4.69, 9.17) is 0 Å². The minimum Gasteiger partial charge on any atom is -0.353 e. The number of carbonyl (C=O) groups is 1. The van der Waals surface area contributed by atoms with Crippen molar-refractivity contribution in [2.75, 3.05) is 5.75 Å². The van der Waals surface area contributed by atoms with Crippen molar-refractivity contribution >= 4 is 28.6 Å². The number of pyridine rings is 1. The van der Waals surface area contributed by atoms with E-state index in [1.54, 1.807) is 18.3 Å². The lowest BCUT2D eigenvalue weighted by Gasteiger charge is -2.15. The summed E-state index contributed by atoms with van der Waals surface area (Å²) in [6, 6.07) is 11.1. The Labute approximate surface area is 168 Å². The van der Waals surface area contributed by atoms with Gasteiger partial charge in [-0.15, -0.1) is 0 Å². The highest BCUT2D eigenvalue weighted by Crippen LogP contribution is 2.21. The molecular weight excluding hydrogens is 372 g/mol. The fraction of sp³-hybridized carbons (Fsp3) is 0.333. The Kier molecular flexibility index (Phi) is 6.46. The van der Waals surface area contributed by atoms with E-state index in [1.807, 2.05) is 45.0 Å². The van der Waals surface area contributed by atoms with Crippen LogP contribution in [-0.4, -0.2) is 32.2 Å². The van der Waals surface area contributed by atoms with Gasteiger partial charge in [0.25, 0.3) is 5.56 Å². The predicted molar refractivity (Wildman–Crippen MR) is 113 cm³/mol. The van der Waals surface area contributed by atoms with Gasteiger partial charge in [-0.25, -0.2) is 14.5 Å². The van der Waals surface area contributed by atoms with E-state index in [-0.39, 0.29) is 23.3 Å². The number of rotatable bonds is 7. The summed E-state index contributed by atoms with van der Waals surface area (Å²) in [5, 5.41) is 4.00. The van der Waals surface area contributed by atoms with Gasteiger partial charge in [0, 0.05) is 12.2 Å². The number of hydrogen-bond donors (Lipinski definition) is 1. The van der Waals surface area contributed by atoms with Gasteiger partial charge < -0.3 is 5.32 Å². The van der Waals surface area contributed by atoms with Crippen molar-refractivity contribution in [3.8, 4) is 5.82 Å². The average Bonchev–Trinajstić information content (AvgIpc) is 2.70. The van der Waals surface area contributed by atoms with Crippen molar-refractivity contribution in [1.29, 1.82) is 0 Å². The first-order valence-electron chi connectivity index (χ1n) is 9.40. The number of carbonyl (C=O) groups excluding carboxylic acids is 1. The smallest absolute Gasteiger partial charge is 0.267 e. The summed E-state index contributed by atoms with van der Waals surface area (Å²) in [4.78, 5) is 34.5. The molecule has 2 heterocycles. The van der Waals surface area contributed by atoms with Crippen LogP contribution in [0.4, 0.5) is 0 Å². The summed E-state index contributed by atoms with van der Waals surface area (Å²) < 4.78 is 1.49. The van der Waals surface area contributed by atoms with Gasteiger partial charge in [-0.05, 0) is 49.6 Å². The summed E-state index contributed by atoms with van der Waals surface area (Å²) in [6.45, 7) is 6.04. The van der Waals surface area contributed by atoms with Gasteiger partial charge in [0.1, 0.15) is 5.82 Å². The number of hydrogen-bond acceptors (Lipinski definition) is 5. The number of benzene rings is 1. The lowest BCUT2D eigenvalue weighted by atomic mass is 10.2. The minimum atomic E-state index is -0.188. The molecule has 0 aliphatic carbocycles. The first-order valence-corrected chi connectivity index (χ1v) is 10.4. The number of nitrogens with one attached hydrogen (secondary N) is 1. The molecule has 6 nitrogen and oxygen atoms in total. The fourth-order valence-corrected chi connectivity index (χ4v) is 3.76. The molecule has 0 atom stereocenters. The largest absolute Gasteiger partial charge is 0.353 e. The number of aryl methyl sites for hydroxylation is 1. The molecule has 0 saturated heterocycles. The molecule has 0 bridgehead atoms. The standard InChI is InChI=1S/C21H24N4O2S/c1-4-15(5-2)23-19(26)13-28-21-24-17-9-7-6-8-16(17)20(27)25(21)18-12-14(3)10-11-22-18/h6-12,15H,4-5,13H2,1-3H3,(H,23,26). The maximum atomic E-state index is 13.1. The third kappa shape index (κ3) is 4.42. The van der Waals surface area contributed by atoms with Gasteiger partial charge in [0.15, 0.2) is 5.16 Å². The molecule has 1 N–H and O–H groups in total. The van der Waals surface area contributed by atoms with Gasteiger partial charge in [0.2, 0.25) is 5.91 Å². The zero-order valence-electron chi connectivity index (χ0n) is 16.3. The van der Waals surface area contributed by atoms with Crippen LogP contribution in [0, 0.1) is 6.92 Å². The molecule has 3 rings (SSSR count). The molecule has 146 valence electrons. The van der Waals surface area contributed by atoms with E-state index >= 15 is 0 Å². The Balaban J connectivity index is 1.99. The van der Waals surface area contributed by atoms with Crippen LogP contribution in [0.1, 0.15) is 32.3 Å². The summed E-state index contributed by atoms with van der Waals surface area (Å²) in [5.74, 6) is 0.628. The Bertz CT molecular complexity index is 1040. The van der Waals surface area contributed by atoms with Gasteiger partial charge in [0.05, 0.1) is 16.7 Å². The van der Waals surface area contributed by atoms with Crippen LogP contribution in [0.5, 0.6) is 0 Å². The van der Waals surface area contributed by atoms with Crippen molar-refractivity contribution < 1.29 is 4.79 Å². The van der Waals surface area contributed by atoms with Crippen LogP contribution in [0.25, 0.3) is 16.7 Å². The third-order valence-corrected chi connectivity index (χ3v) is 5.50. The van der Waals surface area contributed by atoms with Gasteiger partial charge in [-0.1, -0.05) is 37.7 Å².